The molecule has 0 bridgehead atoms. The average Bonchev–Trinajstić information content (AvgIpc) is 2.63. The van der Waals surface area contributed by atoms with Gasteiger partial charge in [-0.1, -0.05) is 6.07 Å². The number of alkyl halides is 9. The molecular formula is C16H8F9N3O2. The number of amides is 2. The number of hydrogen-bond donors (Lipinski definition) is 2. The molecule has 2 rings (SSSR count). The third-order valence-electron chi connectivity index (χ3n) is 3.42. The Labute approximate surface area is 160 Å². The van der Waals surface area contributed by atoms with Gasteiger partial charge in [0.25, 0.3) is 11.8 Å². The van der Waals surface area contributed by atoms with Crippen molar-refractivity contribution in [2.75, 3.05) is 0 Å². The fourth-order valence-electron chi connectivity index (χ4n) is 2.04. The number of benzene rings is 1. The van der Waals surface area contributed by atoms with E-state index in [1.165, 1.54) is 5.43 Å². The third-order valence-corrected chi connectivity index (χ3v) is 3.42. The molecule has 0 aliphatic carbocycles. The van der Waals surface area contributed by atoms with Crippen LogP contribution in [0.3, 0.4) is 0 Å². The molecule has 0 unspecified atom stereocenters. The van der Waals surface area contributed by atoms with Gasteiger partial charge in [0.2, 0.25) is 0 Å². The van der Waals surface area contributed by atoms with Gasteiger partial charge < -0.3 is 0 Å². The van der Waals surface area contributed by atoms with E-state index in [1.807, 2.05) is 0 Å². The number of hydrazine groups is 1. The van der Waals surface area contributed by atoms with E-state index in [0.717, 1.165) is 12.1 Å². The molecule has 0 spiro atoms. The van der Waals surface area contributed by atoms with Crippen LogP contribution in [-0.4, -0.2) is 16.8 Å². The van der Waals surface area contributed by atoms with E-state index in [1.54, 1.807) is 5.43 Å². The third kappa shape index (κ3) is 5.61. The van der Waals surface area contributed by atoms with Crippen LogP contribution in [0.5, 0.6) is 0 Å². The number of nitrogens with one attached hydrogen (secondary N) is 2. The summed E-state index contributed by atoms with van der Waals surface area (Å²) in [5.41, 5.74) is -3.86. The molecule has 0 aliphatic heterocycles. The highest BCUT2D eigenvalue weighted by Gasteiger charge is 2.39. The molecule has 0 atom stereocenters. The lowest BCUT2D eigenvalue weighted by Crippen LogP contribution is -2.42. The van der Waals surface area contributed by atoms with Crippen molar-refractivity contribution >= 4 is 11.8 Å². The van der Waals surface area contributed by atoms with Gasteiger partial charge in [-0.15, -0.1) is 0 Å². The summed E-state index contributed by atoms with van der Waals surface area (Å²) in [4.78, 5) is 26.5. The lowest BCUT2D eigenvalue weighted by molar-refractivity contribution is -0.145. The largest absolute Gasteiger partial charge is 0.433 e. The van der Waals surface area contributed by atoms with E-state index in [0.29, 0.717) is 12.1 Å². The van der Waals surface area contributed by atoms with Crippen molar-refractivity contribution in [1.29, 1.82) is 0 Å². The predicted octanol–water partition coefficient (Wildman–Crippen LogP) is 4.21. The van der Waals surface area contributed by atoms with Gasteiger partial charge in [0.15, 0.2) is 0 Å². The summed E-state index contributed by atoms with van der Waals surface area (Å²) < 4.78 is 115. The Morgan fingerprint density at radius 1 is 0.700 bits per heavy atom. The second kappa shape index (κ2) is 7.84. The SMILES string of the molecule is O=C(NNC(=O)c1cc(C(F)(F)F)cc(C(F)(F)F)n1)c1cccc(C(F)(F)F)c1. The van der Waals surface area contributed by atoms with Crippen LogP contribution in [0.4, 0.5) is 39.5 Å². The van der Waals surface area contributed by atoms with E-state index in [9.17, 15) is 49.1 Å². The lowest BCUT2D eigenvalue weighted by Gasteiger charge is -2.13. The average molecular weight is 445 g/mol. The summed E-state index contributed by atoms with van der Waals surface area (Å²) in [6.07, 6.45) is -15.3. The van der Waals surface area contributed by atoms with Gasteiger partial charge in [0.05, 0.1) is 11.1 Å². The molecule has 2 aromatic rings. The van der Waals surface area contributed by atoms with Crippen molar-refractivity contribution in [3.8, 4) is 0 Å². The van der Waals surface area contributed by atoms with E-state index < -0.39 is 58.4 Å². The molecule has 0 radical (unpaired) electrons. The van der Waals surface area contributed by atoms with Gasteiger partial charge in [-0.25, -0.2) is 4.98 Å². The quantitative estimate of drug-likeness (QED) is 0.538. The zero-order chi connectivity index (χ0) is 22.9. The van der Waals surface area contributed by atoms with Crippen molar-refractivity contribution in [2.24, 2.45) is 0 Å². The summed E-state index contributed by atoms with van der Waals surface area (Å²) in [7, 11) is 0. The number of aromatic nitrogens is 1. The van der Waals surface area contributed by atoms with Gasteiger partial charge >= 0.3 is 18.5 Å². The number of nitrogens with zero attached hydrogens (tertiary/aromatic N) is 1. The molecule has 0 fully saturated rings. The number of carbonyl (C=O) groups is 2. The topological polar surface area (TPSA) is 71.1 Å². The van der Waals surface area contributed by atoms with Crippen LogP contribution in [0.2, 0.25) is 0 Å². The summed E-state index contributed by atoms with van der Waals surface area (Å²) in [5, 5.41) is 0. The second-order valence-corrected chi connectivity index (χ2v) is 5.61. The molecular weight excluding hydrogens is 437 g/mol. The Morgan fingerprint density at radius 3 is 1.80 bits per heavy atom. The maximum atomic E-state index is 12.8. The van der Waals surface area contributed by atoms with Gasteiger partial charge in [-0.2, -0.15) is 39.5 Å². The second-order valence-electron chi connectivity index (χ2n) is 5.61. The molecule has 0 saturated carbocycles. The molecule has 14 heteroatoms. The highest BCUT2D eigenvalue weighted by Crippen LogP contribution is 2.34. The van der Waals surface area contributed by atoms with Gasteiger partial charge in [-0.05, 0) is 30.3 Å². The first kappa shape index (κ1) is 23.0. The molecule has 0 aliphatic rings. The minimum absolute atomic E-state index is 0.0149. The Kier molecular flexibility index (Phi) is 6.00. The number of pyridine rings is 1. The van der Waals surface area contributed by atoms with Crippen molar-refractivity contribution in [3.05, 3.63) is 64.5 Å². The van der Waals surface area contributed by atoms with Crippen LogP contribution in [0.25, 0.3) is 0 Å². The predicted molar refractivity (Wildman–Crippen MR) is 80.6 cm³/mol. The Hall–Kier alpha value is -3.32. The Bertz CT molecular complexity index is 933. The van der Waals surface area contributed by atoms with E-state index in [2.05, 4.69) is 4.98 Å². The molecule has 1 heterocycles. The lowest BCUT2D eigenvalue weighted by atomic mass is 10.1. The van der Waals surface area contributed by atoms with Crippen LogP contribution in [0.1, 0.15) is 37.7 Å². The Morgan fingerprint density at radius 2 is 1.27 bits per heavy atom. The van der Waals surface area contributed by atoms with Crippen molar-refractivity contribution in [1.82, 2.24) is 15.8 Å². The maximum absolute atomic E-state index is 12.8. The monoisotopic (exact) mass is 445 g/mol. The molecule has 5 nitrogen and oxygen atoms in total. The maximum Gasteiger partial charge on any atom is 0.433 e. The minimum Gasteiger partial charge on any atom is -0.267 e. The fourth-order valence-corrected chi connectivity index (χ4v) is 2.04. The minimum atomic E-state index is -5.31. The number of rotatable bonds is 2. The zero-order valence-corrected chi connectivity index (χ0v) is 14.1. The number of carbonyl (C=O) groups excluding carboxylic acids is 2. The molecule has 0 saturated heterocycles. The summed E-state index contributed by atoms with van der Waals surface area (Å²) >= 11 is 0. The number of halogens is 9. The molecule has 30 heavy (non-hydrogen) atoms. The van der Waals surface area contributed by atoms with Crippen LogP contribution in [-0.2, 0) is 18.5 Å². The molecule has 162 valence electrons. The first-order valence-corrected chi connectivity index (χ1v) is 7.53. The van der Waals surface area contributed by atoms with Crippen molar-refractivity contribution < 1.29 is 49.1 Å². The van der Waals surface area contributed by atoms with Crippen LogP contribution in [0, 0.1) is 0 Å². The first-order valence-electron chi connectivity index (χ1n) is 7.53. The van der Waals surface area contributed by atoms with Gasteiger partial charge in [0, 0.05) is 5.56 Å². The number of hydrogen-bond acceptors (Lipinski definition) is 3. The van der Waals surface area contributed by atoms with Crippen molar-refractivity contribution in [3.63, 3.8) is 0 Å². The summed E-state index contributed by atoms with van der Waals surface area (Å²) in [6, 6.07) is 2.59. The summed E-state index contributed by atoms with van der Waals surface area (Å²) in [5.74, 6) is -2.97. The molecule has 2 N–H and O–H groups in total. The van der Waals surface area contributed by atoms with E-state index >= 15 is 0 Å². The smallest absolute Gasteiger partial charge is 0.267 e. The zero-order valence-electron chi connectivity index (χ0n) is 14.1. The molecule has 2 amide bonds. The highest BCUT2D eigenvalue weighted by atomic mass is 19.4. The fraction of sp³-hybridized carbons (Fsp3) is 0.188. The Balaban J connectivity index is 2.23. The van der Waals surface area contributed by atoms with Gasteiger partial charge in [-0.3, -0.25) is 20.4 Å². The van der Waals surface area contributed by atoms with Gasteiger partial charge in [0.1, 0.15) is 11.4 Å². The van der Waals surface area contributed by atoms with Crippen LogP contribution in [0.15, 0.2) is 36.4 Å². The van der Waals surface area contributed by atoms with Crippen LogP contribution < -0.4 is 10.9 Å². The van der Waals surface area contributed by atoms with Crippen LogP contribution >= 0.6 is 0 Å². The highest BCUT2D eigenvalue weighted by molar-refractivity contribution is 5.98. The first-order chi connectivity index (χ1) is 13.6. The summed E-state index contributed by atoms with van der Waals surface area (Å²) in [6.45, 7) is 0. The van der Waals surface area contributed by atoms with Crippen molar-refractivity contribution in [2.45, 2.75) is 18.5 Å². The standard InChI is InChI=1S/C16H8F9N3O2/c17-14(18,19)8-3-1-2-7(4-8)12(29)27-28-13(30)10-5-9(15(20,21)22)6-11(26-10)16(23,24)25/h1-6H,(H,27,29)(H,28,30). The normalized spacial score (nSPS) is 12.4. The molecule has 1 aromatic carbocycles. The molecule has 1 aromatic heterocycles. The van der Waals surface area contributed by atoms with E-state index in [4.69, 9.17) is 0 Å². The van der Waals surface area contributed by atoms with E-state index in [-0.39, 0.29) is 12.1 Å².